The van der Waals surface area contributed by atoms with E-state index in [1.54, 1.807) is 12.1 Å². The fourth-order valence-corrected chi connectivity index (χ4v) is 1.89. The van der Waals surface area contributed by atoms with Crippen LogP contribution in [0.2, 0.25) is 4.34 Å². The molecule has 0 atom stereocenters. The standard InChI is InChI=1S/C8H9Cl2NOS/c9-4-1-5-11-8(12)6-2-3-7(10)13-6/h2-3H,1,4-5H2,(H,11,12). The van der Waals surface area contributed by atoms with Crippen molar-refractivity contribution in [3.05, 3.63) is 21.3 Å². The molecule has 0 aliphatic heterocycles. The lowest BCUT2D eigenvalue weighted by molar-refractivity contribution is 0.0958. The molecule has 0 saturated carbocycles. The molecular formula is C8H9Cl2NOS. The zero-order valence-corrected chi connectivity index (χ0v) is 9.18. The van der Waals surface area contributed by atoms with Crippen LogP contribution in [0.3, 0.4) is 0 Å². The Morgan fingerprint density at radius 2 is 2.31 bits per heavy atom. The molecule has 1 aromatic heterocycles. The van der Waals surface area contributed by atoms with Gasteiger partial charge in [-0.15, -0.1) is 22.9 Å². The first-order valence-electron chi connectivity index (χ1n) is 3.83. The Kier molecular flexibility index (Phi) is 4.56. The van der Waals surface area contributed by atoms with Crippen LogP contribution in [0.15, 0.2) is 12.1 Å². The molecule has 1 N–H and O–H groups in total. The summed E-state index contributed by atoms with van der Waals surface area (Å²) in [5, 5.41) is 2.74. The van der Waals surface area contributed by atoms with E-state index in [0.29, 0.717) is 21.6 Å². The van der Waals surface area contributed by atoms with E-state index >= 15 is 0 Å². The Morgan fingerprint density at radius 1 is 1.54 bits per heavy atom. The first kappa shape index (κ1) is 10.8. The summed E-state index contributed by atoms with van der Waals surface area (Å²) in [4.78, 5) is 12.0. The van der Waals surface area contributed by atoms with Crippen molar-refractivity contribution in [2.45, 2.75) is 6.42 Å². The summed E-state index contributed by atoms with van der Waals surface area (Å²) in [5.41, 5.74) is 0. The van der Waals surface area contributed by atoms with Gasteiger partial charge in [-0.1, -0.05) is 11.6 Å². The molecule has 0 saturated heterocycles. The number of carbonyl (C=O) groups is 1. The zero-order chi connectivity index (χ0) is 9.68. The number of nitrogens with one attached hydrogen (secondary N) is 1. The van der Waals surface area contributed by atoms with Crippen molar-refractivity contribution < 1.29 is 4.79 Å². The van der Waals surface area contributed by atoms with Crippen LogP contribution in [-0.4, -0.2) is 18.3 Å². The fourth-order valence-electron chi connectivity index (χ4n) is 0.792. The fraction of sp³-hybridized carbons (Fsp3) is 0.375. The number of rotatable bonds is 4. The third kappa shape index (κ3) is 3.55. The molecule has 1 aromatic rings. The van der Waals surface area contributed by atoms with Crippen molar-refractivity contribution in [3.8, 4) is 0 Å². The lowest BCUT2D eigenvalue weighted by Gasteiger charge is -2.00. The predicted molar refractivity (Wildman–Crippen MR) is 57.0 cm³/mol. The summed E-state index contributed by atoms with van der Waals surface area (Å²) >= 11 is 12.4. The van der Waals surface area contributed by atoms with Crippen molar-refractivity contribution in [2.24, 2.45) is 0 Å². The van der Waals surface area contributed by atoms with Crippen LogP contribution < -0.4 is 5.32 Å². The van der Waals surface area contributed by atoms with Crippen LogP contribution in [0, 0.1) is 0 Å². The Bertz CT molecular complexity index is 287. The maximum Gasteiger partial charge on any atom is 0.261 e. The normalized spacial score (nSPS) is 10.0. The van der Waals surface area contributed by atoms with E-state index in [-0.39, 0.29) is 5.91 Å². The van der Waals surface area contributed by atoms with Crippen molar-refractivity contribution in [2.75, 3.05) is 12.4 Å². The molecule has 0 spiro atoms. The van der Waals surface area contributed by atoms with Gasteiger partial charge in [0.15, 0.2) is 0 Å². The van der Waals surface area contributed by atoms with Crippen molar-refractivity contribution in [1.29, 1.82) is 0 Å². The van der Waals surface area contributed by atoms with Gasteiger partial charge in [-0.2, -0.15) is 0 Å². The molecule has 0 aromatic carbocycles. The number of hydrogen-bond donors (Lipinski definition) is 1. The maximum atomic E-state index is 11.3. The summed E-state index contributed by atoms with van der Waals surface area (Å²) in [5.74, 6) is 0.480. The third-order valence-electron chi connectivity index (χ3n) is 1.39. The first-order chi connectivity index (χ1) is 6.24. The smallest absolute Gasteiger partial charge is 0.261 e. The lowest BCUT2D eigenvalue weighted by Crippen LogP contribution is -2.23. The van der Waals surface area contributed by atoms with Gasteiger partial charge >= 0.3 is 0 Å². The number of hydrogen-bond acceptors (Lipinski definition) is 2. The van der Waals surface area contributed by atoms with Crippen LogP contribution in [0.5, 0.6) is 0 Å². The van der Waals surface area contributed by atoms with Gasteiger partial charge in [0, 0.05) is 12.4 Å². The van der Waals surface area contributed by atoms with Crippen molar-refractivity contribution >= 4 is 40.4 Å². The molecule has 0 bridgehead atoms. The topological polar surface area (TPSA) is 29.1 Å². The van der Waals surface area contributed by atoms with Crippen LogP contribution in [0.4, 0.5) is 0 Å². The highest BCUT2D eigenvalue weighted by molar-refractivity contribution is 7.17. The van der Waals surface area contributed by atoms with E-state index in [4.69, 9.17) is 23.2 Å². The summed E-state index contributed by atoms with van der Waals surface area (Å²) in [6.07, 6.45) is 0.784. The van der Waals surface area contributed by atoms with Crippen LogP contribution in [0.25, 0.3) is 0 Å². The van der Waals surface area contributed by atoms with Crippen molar-refractivity contribution in [3.63, 3.8) is 0 Å². The molecular weight excluding hydrogens is 229 g/mol. The molecule has 1 rings (SSSR count). The minimum atomic E-state index is -0.0815. The molecule has 0 radical (unpaired) electrons. The van der Waals surface area contributed by atoms with E-state index in [1.165, 1.54) is 11.3 Å². The van der Waals surface area contributed by atoms with E-state index in [1.807, 2.05) is 0 Å². The van der Waals surface area contributed by atoms with Gasteiger partial charge < -0.3 is 5.32 Å². The number of amides is 1. The highest BCUT2D eigenvalue weighted by atomic mass is 35.5. The lowest BCUT2D eigenvalue weighted by atomic mass is 10.4. The average Bonchev–Trinajstić information content (AvgIpc) is 2.52. The second-order valence-corrected chi connectivity index (χ2v) is 4.50. The highest BCUT2D eigenvalue weighted by Gasteiger charge is 2.06. The zero-order valence-electron chi connectivity index (χ0n) is 6.85. The monoisotopic (exact) mass is 237 g/mol. The second kappa shape index (κ2) is 5.47. The van der Waals surface area contributed by atoms with Crippen LogP contribution >= 0.6 is 34.5 Å². The SMILES string of the molecule is O=C(NCCCCl)c1ccc(Cl)s1. The van der Waals surface area contributed by atoms with Gasteiger partial charge in [-0.25, -0.2) is 0 Å². The van der Waals surface area contributed by atoms with Gasteiger partial charge in [-0.3, -0.25) is 4.79 Å². The first-order valence-corrected chi connectivity index (χ1v) is 5.56. The van der Waals surface area contributed by atoms with E-state index in [2.05, 4.69) is 5.32 Å². The largest absolute Gasteiger partial charge is 0.351 e. The van der Waals surface area contributed by atoms with Gasteiger partial charge in [0.1, 0.15) is 0 Å². The predicted octanol–water partition coefficient (Wildman–Crippen LogP) is 2.76. The quantitative estimate of drug-likeness (QED) is 0.634. The molecule has 0 unspecified atom stereocenters. The minimum Gasteiger partial charge on any atom is -0.351 e. The number of thiophene rings is 1. The Balaban J connectivity index is 2.40. The summed E-state index contributed by atoms with van der Waals surface area (Å²) in [7, 11) is 0. The Labute approximate surface area is 90.8 Å². The van der Waals surface area contributed by atoms with Crippen molar-refractivity contribution in [1.82, 2.24) is 5.32 Å². The maximum absolute atomic E-state index is 11.3. The number of halogens is 2. The molecule has 2 nitrogen and oxygen atoms in total. The summed E-state index contributed by atoms with van der Waals surface area (Å²) < 4.78 is 0.627. The minimum absolute atomic E-state index is 0.0815. The number of carbonyl (C=O) groups excluding carboxylic acids is 1. The molecule has 1 heterocycles. The van der Waals surface area contributed by atoms with Gasteiger partial charge in [0.05, 0.1) is 9.21 Å². The average molecular weight is 238 g/mol. The molecule has 5 heteroatoms. The molecule has 0 fully saturated rings. The van der Waals surface area contributed by atoms with Gasteiger partial charge in [-0.05, 0) is 18.6 Å². The molecule has 72 valence electrons. The second-order valence-electron chi connectivity index (χ2n) is 2.40. The van der Waals surface area contributed by atoms with E-state index in [9.17, 15) is 4.79 Å². The van der Waals surface area contributed by atoms with Crippen LogP contribution in [-0.2, 0) is 0 Å². The Morgan fingerprint density at radius 3 is 2.85 bits per heavy atom. The highest BCUT2D eigenvalue weighted by Crippen LogP contribution is 2.20. The van der Waals surface area contributed by atoms with Crippen LogP contribution in [0.1, 0.15) is 16.1 Å². The third-order valence-corrected chi connectivity index (χ3v) is 2.89. The Hall–Kier alpha value is -0.250. The van der Waals surface area contributed by atoms with E-state index < -0.39 is 0 Å². The molecule has 0 aliphatic carbocycles. The summed E-state index contributed by atoms with van der Waals surface area (Å²) in [6, 6.07) is 3.42. The molecule has 1 amide bonds. The molecule has 0 aliphatic rings. The van der Waals surface area contributed by atoms with Gasteiger partial charge in [0.25, 0.3) is 5.91 Å². The number of alkyl halides is 1. The van der Waals surface area contributed by atoms with E-state index in [0.717, 1.165) is 6.42 Å². The molecule has 13 heavy (non-hydrogen) atoms. The summed E-state index contributed by atoms with van der Waals surface area (Å²) in [6.45, 7) is 0.609. The van der Waals surface area contributed by atoms with Gasteiger partial charge in [0.2, 0.25) is 0 Å².